The molecule has 3 aromatic carbocycles. The Morgan fingerprint density at radius 2 is 0.745 bits per heavy atom. The van der Waals surface area contributed by atoms with Gasteiger partial charge >= 0.3 is 41.8 Å². The quantitative estimate of drug-likeness (QED) is 0.203. The summed E-state index contributed by atoms with van der Waals surface area (Å²) in [5, 5.41) is 11.4. The highest BCUT2D eigenvalue weighted by Gasteiger charge is 2.15. The number of carbonyl (C=O) groups is 8. The molecule has 2 N–H and O–H groups in total. The molecule has 0 bridgehead atoms. The van der Waals surface area contributed by atoms with Crippen molar-refractivity contribution < 1.29 is 71.9 Å². The number of hydrogen-bond acceptors (Lipinski definition) is 14. The Morgan fingerprint density at radius 3 is 1.08 bits per heavy atom. The van der Waals surface area contributed by atoms with Crippen molar-refractivity contribution in [1.82, 2.24) is 5.32 Å². The third-order valence-electron chi connectivity index (χ3n) is 5.76. The lowest BCUT2D eigenvalue weighted by molar-refractivity contribution is -0.136. The van der Waals surface area contributed by atoms with Gasteiger partial charge in [-0.3, -0.25) is 38.4 Å². The largest absolute Gasteiger partial charge is 0.481 e. The van der Waals surface area contributed by atoms with Crippen molar-refractivity contribution in [2.45, 2.75) is 60.9 Å². The first-order valence-corrected chi connectivity index (χ1v) is 14.9. The minimum absolute atomic E-state index is 0.0232. The van der Waals surface area contributed by atoms with Gasteiger partial charge in [0.1, 0.15) is 0 Å². The van der Waals surface area contributed by atoms with Crippen LogP contribution in [-0.2, 0) is 57.7 Å². The molecule has 0 saturated carbocycles. The van der Waals surface area contributed by atoms with Gasteiger partial charge in [0.05, 0.1) is 12.8 Å². The molecule has 0 aromatic heterocycles. The summed E-state index contributed by atoms with van der Waals surface area (Å²) >= 11 is 0. The third-order valence-corrected chi connectivity index (χ3v) is 5.76. The van der Waals surface area contributed by atoms with E-state index in [0.717, 1.165) is 0 Å². The average Bonchev–Trinajstić information content (AvgIpc) is 2.98. The monoisotopic (exact) mass is 709 g/mol. The van der Waals surface area contributed by atoms with Crippen LogP contribution in [0.2, 0.25) is 0 Å². The van der Waals surface area contributed by atoms with Gasteiger partial charge in [-0.2, -0.15) is 0 Å². The van der Waals surface area contributed by atoms with Crippen LogP contribution in [0.5, 0.6) is 34.5 Å². The van der Waals surface area contributed by atoms with Gasteiger partial charge in [-0.25, -0.2) is 0 Å². The average molecular weight is 710 g/mol. The number of benzene rings is 3. The Hall–Kier alpha value is -6.58. The Morgan fingerprint density at radius 1 is 0.451 bits per heavy atom. The molecule has 1 amide bonds. The normalized spacial score (nSPS) is 9.92. The maximum Gasteiger partial charge on any atom is 0.308 e. The van der Waals surface area contributed by atoms with Crippen LogP contribution >= 0.6 is 0 Å². The van der Waals surface area contributed by atoms with Gasteiger partial charge in [0.15, 0.2) is 34.5 Å². The number of carboxylic acids is 1. The number of amides is 1. The van der Waals surface area contributed by atoms with Crippen LogP contribution in [0.25, 0.3) is 0 Å². The number of rotatable bonds is 12. The van der Waals surface area contributed by atoms with E-state index in [2.05, 4.69) is 5.32 Å². The number of nitrogens with one attached hydrogen (secondary N) is 1. The van der Waals surface area contributed by atoms with Crippen molar-refractivity contribution in [2.75, 3.05) is 0 Å². The molecule has 0 radical (unpaired) electrons. The van der Waals surface area contributed by atoms with Crippen LogP contribution < -0.4 is 33.7 Å². The maximum absolute atomic E-state index is 12.4. The number of aliphatic carboxylic acids is 1. The van der Waals surface area contributed by atoms with Crippen molar-refractivity contribution in [3.63, 3.8) is 0 Å². The number of carbonyl (C=O) groups excluding carboxylic acids is 7. The summed E-state index contributed by atoms with van der Waals surface area (Å²) in [6.07, 6.45) is -0.258. The minimum atomic E-state index is -1.01. The molecular formula is C35H35NO15. The zero-order valence-electron chi connectivity index (χ0n) is 28.5. The zero-order valence-corrected chi connectivity index (χ0v) is 28.5. The van der Waals surface area contributed by atoms with Gasteiger partial charge in [-0.05, 0) is 53.1 Å². The summed E-state index contributed by atoms with van der Waals surface area (Å²) in [5.41, 5.74) is 1.56. The number of carboxylic acid groups (broad SMARTS) is 1. The maximum atomic E-state index is 12.4. The molecular weight excluding hydrogens is 674 g/mol. The number of esters is 6. The second kappa shape index (κ2) is 19.4. The fraction of sp³-hybridized carbons (Fsp3) is 0.257. The van der Waals surface area contributed by atoms with E-state index in [4.69, 9.17) is 33.5 Å². The molecule has 0 aliphatic heterocycles. The molecule has 0 heterocycles. The van der Waals surface area contributed by atoms with Crippen molar-refractivity contribution >= 4 is 47.7 Å². The standard InChI is InChI=1S/C23H23NO9.C12H12O6/c1-13(25)30-19-7-5-17(9-21(19)32-15(3)27)11-23(29)24-12-18-6-8-20(31-14(2)26)22(10-18)33-16(4)28;1-7(13)17-10-4-3-9(6-12(15)16)5-11(10)18-8(2)14/h5-10H,11-12H2,1-4H3,(H,24,29);3-5H,6H2,1-2H3,(H,15,16). The molecule has 0 aliphatic carbocycles. The molecule has 3 aromatic rings. The molecule has 0 atom stereocenters. The molecule has 0 spiro atoms. The van der Waals surface area contributed by atoms with Gasteiger partial charge in [0.2, 0.25) is 5.91 Å². The lowest BCUT2D eigenvalue weighted by Gasteiger charge is -2.12. The molecule has 0 saturated heterocycles. The van der Waals surface area contributed by atoms with Gasteiger partial charge in [0.25, 0.3) is 0 Å². The molecule has 51 heavy (non-hydrogen) atoms. The summed E-state index contributed by atoms with van der Waals surface area (Å²) in [4.78, 5) is 89.8. The van der Waals surface area contributed by atoms with Gasteiger partial charge in [-0.15, -0.1) is 0 Å². The fourth-order valence-electron chi connectivity index (χ4n) is 4.03. The van der Waals surface area contributed by atoms with Crippen LogP contribution in [-0.4, -0.2) is 52.8 Å². The third kappa shape index (κ3) is 15.5. The van der Waals surface area contributed by atoms with E-state index < -0.39 is 41.8 Å². The molecule has 0 aliphatic rings. The van der Waals surface area contributed by atoms with Crippen LogP contribution in [0, 0.1) is 0 Å². The van der Waals surface area contributed by atoms with E-state index in [1.807, 2.05) is 0 Å². The van der Waals surface area contributed by atoms with E-state index in [9.17, 15) is 38.4 Å². The van der Waals surface area contributed by atoms with Gasteiger partial charge in [0, 0.05) is 48.1 Å². The second-order valence-corrected chi connectivity index (χ2v) is 10.4. The van der Waals surface area contributed by atoms with E-state index >= 15 is 0 Å². The van der Waals surface area contributed by atoms with Gasteiger partial charge in [-0.1, -0.05) is 18.2 Å². The first-order chi connectivity index (χ1) is 23.9. The summed E-state index contributed by atoms with van der Waals surface area (Å²) in [5.74, 6) is -4.53. The molecule has 270 valence electrons. The zero-order chi connectivity index (χ0) is 38.2. The molecule has 0 unspecified atom stereocenters. The summed E-state index contributed by atoms with van der Waals surface area (Å²) < 4.78 is 29.8. The molecule has 0 fully saturated rings. The summed E-state index contributed by atoms with van der Waals surface area (Å²) in [7, 11) is 0. The topological polar surface area (TPSA) is 224 Å². The predicted octanol–water partition coefficient (Wildman–Crippen LogP) is 3.41. The Kier molecular flexibility index (Phi) is 15.5. The van der Waals surface area contributed by atoms with E-state index in [-0.39, 0.29) is 59.8 Å². The number of hydrogen-bond donors (Lipinski definition) is 2. The first kappa shape index (κ1) is 40.6. The van der Waals surface area contributed by atoms with Crippen LogP contribution in [0.15, 0.2) is 54.6 Å². The Bertz CT molecular complexity index is 1830. The lowest BCUT2D eigenvalue weighted by atomic mass is 10.1. The predicted molar refractivity (Wildman–Crippen MR) is 174 cm³/mol. The first-order valence-electron chi connectivity index (χ1n) is 14.9. The van der Waals surface area contributed by atoms with Crippen LogP contribution in [0.1, 0.15) is 58.2 Å². The minimum Gasteiger partial charge on any atom is -0.481 e. The fourth-order valence-corrected chi connectivity index (χ4v) is 4.03. The van der Waals surface area contributed by atoms with Crippen LogP contribution in [0.3, 0.4) is 0 Å². The summed E-state index contributed by atoms with van der Waals surface area (Å²) in [6, 6.07) is 13.2. The molecule has 16 heteroatoms. The lowest BCUT2D eigenvalue weighted by Crippen LogP contribution is -2.24. The highest BCUT2D eigenvalue weighted by molar-refractivity contribution is 5.80. The SMILES string of the molecule is CC(=O)Oc1ccc(CC(=O)O)cc1OC(C)=O.CC(=O)Oc1ccc(CNC(=O)Cc2ccc(OC(C)=O)c(OC(C)=O)c2)cc1OC(C)=O. The van der Waals surface area contributed by atoms with Gasteiger partial charge < -0.3 is 38.8 Å². The summed E-state index contributed by atoms with van der Waals surface area (Å²) in [6.45, 7) is 7.36. The molecule has 3 rings (SSSR count). The number of ether oxygens (including phenoxy) is 6. The van der Waals surface area contributed by atoms with Crippen LogP contribution in [0.4, 0.5) is 0 Å². The van der Waals surface area contributed by atoms with Crippen molar-refractivity contribution in [3.05, 3.63) is 71.3 Å². The smallest absolute Gasteiger partial charge is 0.308 e. The highest BCUT2D eigenvalue weighted by atomic mass is 16.6. The van der Waals surface area contributed by atoms with Crippen molar-refractivity contribution in [2.24, 2.45) is 0 Å². The van der Waals surface area contributed by atoms with E-state index in [1.54, 1.807) is 12.1 Å². The molecule has 16 nitrogen and oxygen atoms in total. The highest BCUT2D eigenvalue weighted by Crippen LogP contribution is 2.31. The van der Waals surface area contributed by atoms with E-state index in [0.29, 0.717) is 16.7 Å². The van der Waals surface area contributed by atoms with Crippen molar-refractivity contribution in [3.8, 4) is 34.5 Å². The van der Waals surface area contributed by atoms with E-state index in [1.165, 1.54) is 84.0 Å². The second-order valence-electron chi connectivity index (χ2n) is 10.4. The Balaban J connectivity index is 0.000000422. The Labute approximate surface area is 291 Å². The van der Waals surface area contributed by atoms with Crippen molar-refractivity contribution in [1.29, 1.82) is 0 Å².